The summed E-state index contributed by atoms with van der Waals surface area (Å²) in [4.78, 5) is 0. The summed E-state index contributed by atoms with van der Waals surface area (Å²) in [6.07, 6.45) is 8.12. The van der Waals surface area contributed by atoms with Gasteiger partial charge in [-0.05, 0) is 19.3 Å². The molecule has 1 heterocycles. The van der Waals surface area contributed by atoms with E-state index < -0.39 is 6.29 Å². The Kier molecular flexibility index (Phi) is 4.84. The lowest BCUT2D eigenvalue weighted by molar-refractivity contribution is -0.241. The molecular formula is C10H16O3. The summed E-state index contributed by atoms with van der Waals surface area (Å²) in [5.74, 6) is 2.46. The summed E-state index contributed by atoms with van der Waals surface area (Å²) < 4.78 is 10.5. The molecular weight excluding hydrogens is 168 g/mol. The van der Waals surface area contributed by atoms with E-state index >= 15 is 0 Å². The molecule has 1 aliphatic rings. The van der Waals surface area contributed by atoms with E-state index in [0.717, 1.165) is 25.9 Å². The first-order valence-corrected chi connectivity index (χ1v) is 4.71. The smallest absolute Gasteiger partial charge is 0.160 e. The van der Waals surface area contributed by atoms with Crippen molar-refractivity contribution < 1.29 is 14.6 Å². The second-order valence-corrected chi connectivity index (χ2v) is 3.13. The van der Waals surface area contributed by atoms with Gasteiger partial charge in [0.05, 0.1) is 0 Å². The molecule has 74 valence electrons. The van der Waals surface area contributed by atoms with Crippen LogP contribution in [0.4, 0.5) is 0 Å². The van der Waals surface area contributed by atoms with Gasteiger partial charge in [0, 0.05) is 19.4 Å². The number of hydrogen-bond donors (Lipinski definition) is 1. The topological polar surface area (TPSA) is 38.7 Å². The normalized spacial score (nSPS) is 25.1. The summed E-state index contributed by atoms with van der Waals surface area (Å²) in [5, 5.41) is 9.33. The molecule has 13 heavy (non-hydrogen) atoms. The van der Waals surface area contributed by atoms with Crippen LogP contribution in [-0.4, -0.2) is 24.3 Å². The zero-order valence-electron chi connectivity index (χ0n) is 7.74. The highest BCUT2D eigenvalue weighted by atomic mass is 16.7. The van der Waals surface area contributed by atoms with Crippen LogP contribution in [0, 0.1) is 12.3 Å². The summed E-state index contributed by atoms with van der Waals surface area (Å²) in [6, 6.07) is 0. The Bertz CT molecular complexity index is 167. The van der Waals surface area contributed by atoms with E-state index in [1.165, 1.54) is 0 Å². The third kappa shape index (κ3) is 4.28. The second-order valence-electron chi connectivity index (χ2n) is 3.13. The minimum absolute atomic E-state index is 0.235. The second kappa shape index (κ2) is 5.98. The largest absolute Gasteiger partial charge is 0.368 e. The van der Waals surface area contributed by atoms with E-state index in [0.29, 0.717) is 12.8 Å². The minimum Gasteiger partial charge on any atom is -0.368 e. The van der Waals surface area contributed by atoms with E-state index in [9.17, 15) is 5.11 Å². The fourth-order valence-electron chi connectivity index (χ4n) is 1.27. The van der Waals surface area contributed by atoms with Crippen LogP contribution in [0.5, 0.6) is 0 Å². The molecule has 0 aliphatic carbocycles. The van der Waals surface area contributed by atoms with E-state index in [4.69, 9.17) is 15.9 Å². The monoisotopic (exact) mass is 184 g/mol. The van der Waals surface area contributed by atoms with Gasteiger partial charge < -0.3 is 14.6 Å². The average Bonchev–Trinajstić information content (AvgIpc) is 2.16. The molecule has 1 aliphatic heterocycles. The Morgan fingerprint density at radius 2 is 2.46 bits per heavy atom. The molecule has 2 atom stereocenters. The molecule has 0 amide bonds. The van der Waals surface area contributed by atoms with Gasteiger partial charge in [0.15, 0.2) is 12.6 Å². The van der Waals surface area contributed by atoms with Crippen LogP contribution in [0.1, 0.15) is 32.1 Å². The van der Waals surface area contributed by atoms with Crippen molar-refractivity contribution in [1.82, 2.24) is 0 Å². The predicted octanol–water partition coefficient (Wildman–Crippen LogP) is 1.26. The first-order chi connectivity index (χ1) is 6.33. The number of aliphatic hydroxyl groups is 1. The molecule has 0 aromatic heterocycles. The van der Waals surface area contributed by atoms with Crippen molar-refractivity contribution in [3.63, 3.8) is 0 Å². The highest BCUT2D eigenvalue weighted by Gasteiger charge is 2.17. The fraction of sp³-hybridized carbons (Fsp3) is 0.800. The molecule has 0 aromatic carbocycles. The molecule has 0 bridgehead atoms. The Hall–Kier alpha value is -0.560. The standard InChI is InChI=1S/C10H16O3/c1-2-3-6-9(11)13-10-7-4-5-8-12-10/h1,9-11H,3-8H2/t9-,10-/m0/s1. The van der Waals surface area contributed by atoms with Crippen molar-refractivity contribution in [2.45, 2.75) is 44.7 Å². The molecule has 0 aromatic rings. The fourth-order valence-corrected chi connectivity index (χ4v) is 1.27. The highest BCUT2D eigenvalue weighted by Crippen LogP contribution is 2.15. The van der Waals surface area contributed by atoms with Gasteiger partial charge in [-0.3, -0.25) is 0 Å². The van der Waals surface area contributed by atoms with Crippen LogP contribution in [0.25, 0.3) is 0 Å². The summed E-state index contributed by atoms with van der Waals surface area (Å²) >= 11 is 0. The number of hydrogen-bond acceptors (Lipinski definition) is 3. The summed E-state index contributed by atoms with van der Waals surface area (Å²) in [5.41, 5.74) is 0. The van der Waals surface area contributed by atoms with Crippen LogP contribution in [-0.2, 0) is 9.47 Å². The molecule has 1 rings (SSSR count). The predicted molar refractivity (Wildman–Crippen MR) is 48.7 cm³/mol. The molecule has 1 fully saturated rings. The van der Waals surface area contributed by atoms with E-state index in [2.05, 4.69) is 5.92 Å². The van der Waals surface area contributed by atoms with Crippen LogP contribution >= 0.6 is 0 Å². The van der Waals surface area contributed by atoms with E-state index in [1.54, 1.807) is 0 Å². The van der Waals surface area contributed by atoms with Gasteiger partial charge >= 0.3 is 0 Å². The van der Waals surface area contributed by atoms with Crippen LogP contribution < -0.4 is 0 Å². The van der Waals surface area contributed by atoms with E-state index in [-0.39, 0.29) is 6.29 Å². The lowest BCUT2D eigenvalue weighted by Gasteiger charge is -2.24. The Labute approximate surface area is 79.0 Å². The van der Waals surface area contributed by atoms with Crippen molar-refractivity contribution in [2.24, 2.45) is 0 Å². The maximum absolute atomic E-state index is 9.33. The Balaban J connectivity index is 2.11. The van der Waals surface area contributed by atoms with Crippen molar-refractivity contribution in [2.75, 3.05) is 6.61 Å². The molecule has 1 N–H and O–H groups in total. The summed E-state index contributed by atoms with van der Waals surface area (Å²) in [6.45, 7) is 0.729. The molecule has 1 saturated heterocycles. The molecule has 3 nitrogen and oxygen atoms in total. The number of rotatable bonds is 4. The Morgan fingerprint density at radius 3 is 3.08 bits per heavy atom. The quantitative estimate of drug-likeness (QED) is 0.528. The number of ether oxygens (including phenoxy) is 2. The van der Waals surface area contributed by atoms with Crippen molar-refractivity contribution in [1.29, 1.82) is 0 Å². The van der Waals surface area contributed by atoms with Gasteiger partial charge in [0.1, 0.15) is 0 Å². The van der Waals surface area contributed by atoms with Crippen molar-refractivity contribution in [3.05, 3.63) is 0 Å². The van der Waals surface area contributed by atoms with Gasteiger partial charge in [0.25, 0.3) is 0 Å². The maximum Gasteiger partial charge on any atom is 0.160 e. The van der Waals surface area contributed by atoms with Crippen LogP contribution in [0.15, 0.2) is 0 Å². The van der Waals surface area contributed by atoms with E-state index in [1.807, 2.05) is 0 Å². The number of terminal acetylenes is 1. The lowest BCUT2D eigenvalue weighted by Crippen LogP contribution is -2.27. The SMILES string of the molecule is C#CCC[C@@H](O)O[C@H]1CCCCO1. The van der Waals surface area contributed by atoms with Gasteiger partial charge in [0.2, 0.25) is 0 Å². The first kappa shape index (κ1) is 10.5. The van der Waals surface area contributed by atoms with Gasteiger partial charge in [-0.15, -0.1) is 12.3 Å². The van der Waals surface area contributed by atoms with Crippen molar-refractivity contribution in [3.8, 4) is 12.3 Å². The zero-order chi connectivity index (χ0) is 9.52. The van der Waals surface area contributed by atoms with Gasteiger partial charge in [-0.25, -0.2) is 0 Å². The molecule has 0 unspecified atom stereocenters. The van der Waals surface area contributed by atoms with Crippen LogP contribution in [0.3, 0.4) is 0 Å². The third-order valence-corrected chi connectivity index (χ3v) is 1.98. The third-order valence-electron chi connectivity index (χ3n) is 1.98. The van der Waals surface area contributed by atoms with Crippen molar-refractivity contribution >= 4 is 0 Å². The number of aliphatic hydroxyl groups excluding tert-OH is 1. The molecule has 0 saturated carbocycles. The maximum atomic E-state index is 9.33. The molecule has 0 radical (unpaired) electrons. The minimum atomic E-state index is -0.779. The Morgan fingerprint density at radius 1 is 1.62 bits per heavy atom. The molecule has 3 heteroatoms. The molecule has 0 spiro atoms. The van der Waals surface area contributed by atoms with Gasteiger partial charge in [-0.1, -0.05) is 0 Å². The lowest BCUT2D eigenvalue weighted by atomic mass is 10.2. The first-order valence-electron chi connectivity index (χ1n) is 4.71. The van der Waals surface area contributed by atoms with Gasteiger partial charge in [-0.2, -0.15) is 0 Å². The van der Waals surface area contributed by atoms with Crippen LogP contribution in [0.2, 0.25) is 0 Å². The summed E-state index contributed by atoms with van der Waals surface area (Å²) in [7, 11) is 0. The zero-order valence-corrected chi connectivity index (χ0v) is 7.74. The highest BCUT2D eigenvalue weighted by molar-refractivity contribution is 4.83. The average molecular weight is 184 g/mol.